The number of nitro benzene ring substituents is 1. The number of nitro groups is 1. The fraction of sp³-hybridized carbons (Fsp3) is 0.316. The highest BCUT2D eigenvalue weighted by atomic mass is 32.1. The molecule has 1 aromatic carbocycles. The van der Waals surface area contributed by atoms with Crippen molar-refractivity contribution in [2.24, 2.45) is 5.92 Å². The molecule has 1 aliphatic heterocycles. The first kappa shape index (κ1) is 20.5. The molecule has 1 aliphatic rings. The summed E-state index contributed by atoms with van der Waals surface area (Å²) in [5, 5.41) is 15.2. The number of thiophene rings is 1. The molecule has 9 nitrogen and oxygen atoms in total. The average Bonchev–Trinajstić information content (AvgIpc) is 3.27. The van der Waals surface area contributed by atoms with Gasteiger partial charge >= 0.3 is 5.97 Å². The second-order valence-electron chi connectivity index (χ2n) is 6.47. The molecular formula is C19H19N3O6S. The van der Waals surface area contributed by atoms with Gasteiger partial charge in [-0.1, -0.05) is 18.2 Å². The van der Waals surface area contributed by atoms with Crippen LogP contribution in [0.15, 0.2) is 41.8 Å². The maximum Gasteiger partial charge on any atom is 0.309 e. The maximum atomic E-state index is 12.3. The number of likely N-dealkylation sites (tertiary alicyclic amines) is 1. The Morgan fingerprint density at radius 1 is 1.17 bits per heavy atom. The third kappa shape index (κ3) is 5.17. The third-order valence-corrected chi connectivity index (χ3v) is 5.43. The van der Waals surface area contributed by atoms with Crippen molar-refractivity contribution >= 4 is 40.5 Å². The van der Waals surface area contributed by atoms with Crippen LogP contribution in [0.5, 0.6) is 0 Å². The zero-order valence-corrected chi connectivity index (χ0v) is 16.2. The summed E-state index contributed by atoms with van der Waals surface area (Å²) in [6.45, 7) is 0.358. The molecule has 1 aromatic heterocycles. The van der Waals surface area contributed by atoms with Crippen LogP contribution in [0.25, 0.3) is 0 Å². The highest BCUT2D eigenvalue weighted by Crippen LogP contribution is 2.24. The van der Waals surface area contributed by atoms with Gasteiger partial charge in [0.15, 0.2) is 6.61 Å². The predicted molar refractivity (Wildman–Crippen MR) is 106 cm³/mol. The van der Waals surface area contributed by atoms with Gasteiger partial charge in [0, 0.05) is 19.2 Å². The molecule has 0 radical (unpaired) electrons. The Kier molecular flexibility index (Phi) is 6.55. The lowest BCUT2D eigenvalue weighted by Gasteiger charge is -2.30. The monoisotopic (exact) mass is 417 g/mol. The third-order valence-electron chi connectivity index (χ3n) is 4.57. The first-order valence-corrected chi connectivity index (χ1v) is 9.86. The second kappa shape index (κ2) is 9.28. The van der Waals surface area contributed by atoms with E-state index in [1.165, 1.54) is 29.5 Å². The number of nitrogens with one attached hydrogen (secondary N) is 1. The topological polar surface area (TPSA) is 119 Å². The van der Waals surface area contributed by atoms with Crippen LogP contribution in [0, 0.1) is 16.0 Å². The van der Waals surface area contributed by atoms with E-state index in [9.17, 15) is 24.5 Å². The van der Waals surface area contributed by atoms with E-state index in [1.54, 1.807) is 17.0 Å². The fourth-order valence-electron chi connectivity index (χ4n) is 3.05. The van der Waals surface area contributed by atoms with Crippen molar-refractivity contribution in [1.29, 1.82) is 0 Å². The van der Waals surface area contributed by atoms with Gasteiger partial charge in [-0.15, -0.1) is 11.3 Å². The molecule has 0 spiro atoms. The highest BCUT2D eigenvalue weighted by Gasteiger charge is 2.29. The molecule has 1 fully saturated rings. The summed E-state index contributed by atoms with van der Waals surface area (Å²) in [5.41, 5.74) is -0.200. The number of ether oxygens (including phenoxy) is 1. The normalized spacial score (nSPS) is 14.3. The van der Waals surface area contributed by atoms with Crippen molar-refractivity contribution in [1.82, 2.24) is 4.90 Å². The molecule has 29 heavy (non-hydrogen) atoms. The van der Waals surface area contributed by atoms with Gasteiger partial charge in [-0.3, -0.25) is 24.5 Å². The van der Waals surface area contributed by atoms with Gasteiger partial charge in [-0.2, -0.15) is 0 Å². The summed E-state index contributed by atoms with van der Waals surface area (Å²) in [6, 6.07) is 9.30. The molecule has 10 heteroatoms. The highest BCUT2D eigenvalue weighted by molar-refractivity contribution is 7.12. The van der Waals surface area contributed by atoms with Crippen molar-refractivity contribution in [2.45, 2.75) is 12.8 Å². The van der Waals surface area contributed by atoms with E-state index in [1.807, 2.05) is 11.4 Å². The number of benzene rings is 1. The van der Waals surface area contributed by atoms with Gasteiger partial charge in [0.05, 0.1) is 15.7 Å². The Labute approximate surface area is 170 Å². The number of anilines is 1. The van der Waals surface area contributed by atoms with Crippen LogP contribution in [-0.4, -0.2) is 47.3 Å². The molecule has 3 rings (SSSR count). The summed E-state index contributed by atoms with van der Waals surface area (Å²) < 4.78 is 5.06. The number of rotatable bonds is 6. The quantitative estimate of drug-likeness (QED) is 0.438. The number of nitrogens with zero attached hydrogens (tertiary/aromatic N) is 2. The predicted octanol–water partition coefficient (Wildman–Crippen LogP) is 2.69. The van der Waals surface area contributed by atoms with E-state index in [0.29, 0.717) is 30.8 Å². The number of para-hydroxylation sites is 2. The zero-order chi connectivity index (χ0) is 20.8. The molecule has 0 aliphatic carbocycles. The van der Waals surface area contributed by atoms with Crippen LogP contribution in [0.4, 0.5) is 11.4 Å². The Morgan fingerprint density at radius 2 is 1.90 bits per heavy atom. The SMILES string of the molecule is O=C(COC(=O)C1CCN(C(=O)c2cccs2)CC1)Nc1ccccc1[N+](=O)[O-]. The molecule has 2 amide bonds. The minimum atomic E-state index is -0.655. The van der Waals surface area contributed by atoms with E-state index >= 15 is 0 Å². The molecule has 0 bridgehead atoms. The Hall–Kier alpha value is -3.27. The van der Waals surface area contributed by atoms with E-state index in [0.717, 1.165) is 0 Å². The number of esters is 1. The van der Waals surface area contributed by atoms with Crippen LogP contribution in [0.3, 0.4) is 0 Å². The average molecular weight is 417 g/mol. The number of amides is 2. The molecule has 152 valence electrons. The first-order valence-electron chi connectivity index (χ1n) is 8.98. The fourth-order valence-corrected chi connectivity index (χ4v) is 3.74. The lowest BCUT2D eigenvalue weighted by molar-refractivity contribution is -0.383. The summed E-state index contributed by atoms with van der Waals surface area (Å²) in [7, 11) is 0. The minimum absolute atomic E-state index is 0.0407. The van der Waals surface area contributed by atoms with E-state index in [-0.39, 0.29) is 23.2 Å². The Bertz CT molecular complexity index is 906. The molecule has 0 unspecified atom stereocenters. The number of piperidine rings is 1. The molecular weight excluding hydrogens is 398 g/mol. The molecule has 1 N–H and O–H groups in total. The van der Waals surface area contributed by atoms with Gasteiger partial charge in [0.2, 0.25) is 0 Å². The number of carbonyl (C=O) groups excluding carboxylic acids is 3. The van der Waals surface area contributed by atoms with Crippen molar-refractivity contribution in [3.63, 3.8) is 0 Å². The number of carbonyl (C=O) groups is 3. The Morgan fingerprint density at radius 3 is 2.55 bits per heavy atom. The van der Waals surface area contributed by atoms with Crippen molar-refractivity contribution in [3.05, 3.63) is 56.8 Å². The van der Waals surface area contributed by atoms with Gasteiger partial charge < -0.3 is 15.0 Å². The summed E-state index contributed by atoms with van der Waals surface area (Å²) in [5.74, 6) is -1.60. The zero-order valence-electron chi connectivity index (χ0n) is 15.4. The van der Waals surface area contributed by atoms with Crippen LogP contribution in [0.2, 0.25) is 0 Å². The van der Waals surface area contributed by atoms with E-state index in [2.05, 4.69) is 5.32 Å². The van der Waals surface area contributed by atoms with E-state index < -0.39 is 23.4 Å². The summed E-state index contributed by atoms with van der Waals surface area (Å²) >= 11 is 1.38. The van der Waals surface area contributed by atoms with Gasteiger partial charge in [0.25, 0.3) is 17.5 Å². The number of hydrogen-bond donors (Lipinski definition) is 1. The first-order chi connectivity index (χ1) is 14.0. The standard InChI is InChI=1S/C19H19N3O6S/c23-17(20-14-4-1-2-5-15(14)22(26)27)12-28-19(25)13-7-9-21(10-8-13)18(24)16-6-3-11-29-16/h1-6,11,13H,7-10,12H2,(H,20,23). The van der Waals surface area contributed by atoms with Crippen LogP contribution in [0.1, 0.15) is 22.5 Å². The van der Waals surface area contributed by atoms with Crippen molar-refractivity contribution in [2.75, 3.05) is 25.0 Å². The molecule has 1 saturated heterocycles. The molecule has 2 aromatic rings. The summed E-state index contributed by atoms with van der Waals surface area (Å²) in [6.07, 6.45) is 0.920. The largest absolute Gasteiger partial charge is 0.455 e. The smallest absolute Gasteiger partial charge is 0.309 e. The lowest BCUT2D eigenvalue weighted by atomic mass is 9.97. The second-order valence-corrected chi connectivity index (χ2v) is 7.42. The van der Waals surface area contributed by atoms with Gasteiger partial charge in [-0.05, 0) is 30.4 Å². The van der Waals surface area contributed by atoms with Crippen molar-refractivity contribution < 1.29 is 24.0 Å². The maximum absolute atomic E-state index is 12.3. The molecule has 2 heterocycles. The van der Waals surface area contributed by atoms with Gasteiger partial charge in [-0.25, -0.2) is 0 Å². The van der Waals surface area contributed by atoms with Gasteiger partial charge in [0.1, 0.15) is 5.69 Å². The lowest BCUT2D eigenvalue weighted by Crippen LogP contribution is -2.40. The Balaban J connectivity index is 1.45. The number of hydrogen-bond acceptors (Lipinski definition) is 7. The molecule has 0 saturated carbocycles. The van der Waals surface area contributed by atoms with Crippen LogP contribution in [-0.2, 0) is 14.3 Å². The summed E-state index contributed by atoms with van der Waals surface area (Å²) in [4.78, 5) is 49.3. The minimum Gasteiger partial charge on any atom is -0.455 e. The van der Waals surface area contributed by atoms with Crippen LogP contribution < -0.4 is 5.32 Å². The van der Waals surface area contributed by atoms with Crippen LogP contribution >= 0.6 is 11.3 Å². The molecule has 0 atom stereocenters. The van der Waals surface area contributed by atoms with Crippen molar-refractivity contribution in [3.8, 4) is 0 Å². The van der Waals surface area contributed by atoms with E-state index in [4.69, 9.17) is 4.74 Å².